The smallest absolute Gasteiger partial charge is 0.247 e. The second kappa shape index (κ2) is 6.44. The molecule has 0 aliphatic carbocycles. The number of carbonyl (C=O) groups excluding carboxylic acids is 1. The molecule has 1 fully saturated rings. The van der Waals surface area contributed by atoms with Crippen LogP contribution in [-0.2, 0) is 14.8 Å². The van der Waals surface area contributed by atoms with Crippen LogP contribution in [0.3, 0.4) is 0 Å². The molecule has 0 bridgehead atoms. The van der Waals surface area contributed by atoms with Crippen LogP contribution in [0, 0.1) is 0 Å². The van der Waals surface area contributed by atoms with E-state index in [1.807, 2.05) is 0 Å². The fourth-order valence-corrected chi connectivity index (χ4v) is 4.28. The summed E-state index contributed by atoms with van der Waals surface area (Å²) in [6.07, 6.45) is 2.85. The van der Waals surface area contributed by atoms with E-state index in [1.54, 1.807) is 12.1 Å². The summed E-state index contributed by atoms with van der Waals surface area (Å²) in [6.45, 7) is 0.339. The molecular formula is C14H19NO5S. The lowest BCUT2D eigenvalue weighted by atomic mass is 10.1. The first kappa shape index (κ1) is 15.8. The SMILES string of the molecule is COc1ccc(OC)c(S(=O)(=O)N2CCCCC2C=O)c1. The van der Waals surface area contributed by atoms with Gasteiger partial charge in [-0.25, -0.2) is 8.42 Å². The van der Waals surface area contributed by atoms with Gasteiger partial charge in [0.1, 0.15) is 22.7 Å². The standard InChI is InChI=1S/C14H19NO5S/c1-19-12-6-7-13(20-2)14(9-12)21(17,18)15-8-4-3-5-11(15)10-16/h6-7,9-11H,3-5,8H2,1-2H3. The highest BCUT2D eigenvalue weighted by atomic mass is 32.2. The summed E-state index contributed by atoms with van der Waals surface area (Å²) in [5.41, 5.74) is 0. The molecule has 1 unspecified atom stereocenters. The lowest BCUT2D eigenvalue weighted by Crippen LogP contribution is -2.44. The maximum Gasteiger partial charge on any atom is 0.247 e. The van der Waals surface area contributed by atoms with E-state index < -0.39 is 16.1 Å². The highest BCUT2D eigenvalue weighted by molar-refractivity contribution is 7.89. The van der Waals surface area contributed by atoms with E-state index in [9.17, 15) is 13.2 Å². The maximum atomic E-state index is 12.8. The van der Waals surface area contributed by atoms with Gasteiger partial charge in [-0.05, 0) is 25.0 Å². The van der Waals surface area contributed by atoms with E-state index in [0.29, 0.717) is 25.0 Å². The van der Waals surface area contributed by atoms with Gasteiger partial charge in [0.25, 0.3) is 0 Å². The number of sulfonamides is 1. The molecule has 21 heavy (non-hydrogen) atoms. The second-order valence-electron chi connectivity index (χ2n) is 4.83. The van der Waals surface area contributed by atoms with Crippen molar-refractivity contribution in [2.75, 3.05) is 20.8 Å². The van der Waals surface area contributed by atoms with Crippen LogP contribution in [-0.4, -0.2) is 45.8 Å². The molecule has 1 aliphatic heterocycles. The first-order valence-corrected chi connectivity index (χ1v) is 8.17. The number of hydrogen-bond donors (Lipinski definition) is 0. The molecule has 1 heterocycles. The van der Waals surface area contributed by atoms with Crippen molar-refractivity contribution in [2.24, 2.45) is 0 Å². The Hall–Kier alpha value is -1.60. The maximum absolute atomic E-state index is 12.8. The molecule has 0 N–H and O–H groups in total. The molecule has 7 heteroatoms. The summed E-state index contributed by atoms with van der Waals surface area (Å²) < 4.78 is 37.1. The van der Waals surface area contributed by atoms with Crippen LogP contribution in [0.15, 0.2) is 23.1 Å². The van der Waals surface area contributed by atoms with Gasteiger partial charge in [0, 0.05) is 12.6 Å². The Morgan fingerprint density at radius 3 is 2.62 bits per heavy atom. The van der Waals surface area contributed by atoms with Crippen LogP contribution in [0.1, 0.15) is 19.3 Å². The molecule has 2 rings (SSSR count). The van der Waals surface area contributed by atoms with E-state index in [2.05, 4.69) is 0 Å². The van der Waals surface area contributed by atoms with Crippen molar-refractivity contribution in [1.29, 1.82) is 0 Å². The van der Waals surface area contributed by atoms with Crippen LogP contribution in [0.2, 0.25) is 0 Å². The molecule has 0 radical (unpaired) electrons. The fraction of sp³-hybridized carbons (Fsp3) is 0.500. The van der Waals surface area contributed by atoms with Crippen LogP contribution < -0.4 is 9.47 Å². The average Bonchev–Trinajstić information content (AvgIpc) is 2.54. The summed E-state index contributed by atoms with van der Waals surface area (Å²) in [4.78, 5) is 11.2. The van der Waals surface area contributed by atoms with Gasteiger partial charge in [0.05, 0.1) is 20.3 Å². The van der Waals surface area contributed by atoms with E-state index in [0.717, 1.165) is 12.8 Å². The summed E-state index contributed by atoms with van der Waals surface area (Å²) in [5, 5.41) is 0. The zero-order chi connectivity index (χ0) is 15.5. The van der Waals surface area contributed by atoms with Gasteiger partial charge < -0.3 is 14.3 Å². The summed E-state index contributed by atoms with van der Waals surface area (Å²) >= 11 is 0. The van der Waals surface area contributed by atoms with Crippen molar-refractivity contribution in [1.82, 2.24) is 4.31 Å². The number of benzene rings is 1. The third kappa shape index (κ3) is 3.03. The monoisotopic (exact) mass is 313 g/mol. The first-order chi connectivity index (χ1) is 10.0. The number of rotatable bonds is 5. The fourth-order valence-electron chi connectivity index (χ4n) is 2.48. The average molecular weight is 313 g/mol. The molecule has 0 saturated carbocycles. The second-order valence-corrected chi connectivity index (χ2v) is 6.69. The van der Waals surface area contributed by atoms with E-state index in [4.69, 9.17) is 9.47 Å². The zero-order valence-corrected chi connectivity index (χ0v) is 12.9. The summed E-state index contributed by atoms with van der Waals surface area (Å²) in [6, 6.07) is 3.99. The third-order valence-electron chi connectivity index (χ3n) is 3.61. The predicted octanol–water partition coefficient (Wildman–Crippen LogP) is 1.45. The van der Waals surface area contributed by atoms with Gasteiger partial charge in [0.15, 0.2) is 0 Å². The van der Waals surface area contributed by atoms with Gasteiger partial charge >= 0.3 is 0 Å². The Bertz CT molecular complexity index is 614. The highest BCUT2D eigenvalue weighted by Crippen LogP contribution is 2.33. The van der Waals surface area contributed by atoms with Crippen LogP contribution in [0.4, 0.5) is 0 Å². The minimum atomic E-state index is -3.80. The van der Waals surface area contributed by atoms with Crippen molar-refractivity contribution in [2.45, 2.75) is 30.2 Å². The predicted molar refractivity (Wildman–Crippen MR) is 77.1 cm³/mol. The number of methoxy groups -OCH3 is 2. The lowest BCUT2D eigenvalue weighted by molar-refractivity contribution is -0.111. The first-order valence-electron chi connectivity index (χ1n) is 6.73. The number of carbonyl (C=O) groups is 1. The highest BCUT2D eigenvalue weighted by Gasteiger charge is 2.35. The van der Waals surface area contributed by atoms with Gasteiger partial charge in [-0.2, -0.15) is 4.31 Å². The molecule has 1 aromatic carbocycles. The van der Waals surface area contributed by atoms with E-state index in [1.165, 1.54) is 24.6 Å². The van der Waals surface area contributed by atoms with Crippen molar-refractivity contribution < 1.29 is 22.7 Å². The van der Waals surface area contributed by atoms with Crippen LogP contribution in [0.25, 0.3) is 0 Å². The van der Waals surface area contributed by atoms with Crippen molar-refractivity contribution in [3.05, 3.63) is 18.2 Å². The Morgan fingerprint density at radius 2 is 2.00 bits per heavy atom. The Labute approximate surface area is 124 Å². The summed E-state index contributed by atoms with van der Waals surface area (Å²) in [7, 11) is -0.925. The van der Waals surface area contributed by atoms with Gasteiger partial charge in [-0.15, -0.1) is 0 Å². The molecule has 0 aromatic heterocycles. The quantitative estimate of drug-likeness (QED) is 0.769. The lowest BCUT2D eigenvalue weighted by Gasteiger charge is -2.31. The van der Waals surface area contributed by atoms with E-state index >= 15 is 0 Å². The molecule has 116 valence electrons. The molecule has 1 aromatic rings. The zero-order valence-electron chi connectivity index (χ0n) is 12.1. The van der Waals surface area contributed by atoms with E-state index in [-0.39, 0.29) is 10.6 Å². The number of piperidine rings is 1. The normalized spacial score (nSPS) is 20.0. The minimum Gasteiger partial charge on any atom is -0.497 e. The third-order valence-corrected chi connectivity index (χ3v) is 5.56. The summed E-state index contributed by atoms with van der Waals surface area (Å²) in [5.74, 6) is 0.667. The Balaban J connectivity index is 2.49. The van der Waals surface area contributed by atoms with Crippen LogP contribution >= 0.6 is 0 Å². The Morgan fingerprint density at radius 1 is 1.24 bits per heavy atom. The van der Waals surface area contributed by atoms with Gasteiger partial charge in [-0.3, -0.25) is 0 Å². The van der Waals surface area contributed by atoms with Crippen molar-refractivity contribution in [3.63, 3.8) is 0 Å². The van der Waals surface area contributed by atoms with Crippen LogP contribution in [0.5, 0.6) is 11.5 Å². The number of hydrogen-bond acceptors (Lipinski definition) is 5. The molecule has 1 saturated heterocycles. The molecule has 6 nitrogen and oxygen atoms in total. The van der Waals surface area contributed by atoms with Gasteiger partial charge in [0.2, 0.25) is 10.0 Å². The van der Waals surface area contributed by atoms with Gasteiger partial charge in [-0.1, -0.05) is 6.42 Å². The molecule has 0 spiro atoms. The minimum absolute atomic E-state index is 0.0260. The number of nitrogens with zero attached hydrogens (tertiary/aromatic N) is 1. The molecule has 0 amide bonds. The molecule has 1 atom stereocenters. The van der Waals surface area contributed by atoms with Crippen molar-refractivity contribution >= 4 is 16.3 Å². The Kier molecular flexibility index (Phi) is 4.84. The largest absolute Gasteiger partial charge is 0.497 e. The van der Waals surface area contributed by atoms with Crippen molar-refractivity contribution in [3.8, 4) is 11.5 Å². The molecular weight excluding hydrogens is 294 g/mol. The number of ether oxygens (including phenoxy) is 2. The number of aldehydes is 1. The molecule has 1 aliphatic rings. The topological polar surface area (TPSA) is 72.9 Å².